The molecule has 0 amide bonds. The van der Waals surface area contributed by atoms with Gasteiger partial charge in [0, 0.05) is 5.02 Å². The summed E-state index contributed by atoms with van der Waals surface area (Å²) in [7, 11) is -4.28. The van der Waals surface area contributed by atoms with Crippen molar-refractivity contribution in [1.29, 1.82) is 0 Å². The highest BCUT2D eigenvalue weighted by molar-refractivity contribution is 7.61. The quantitative estimate of drug-likeness (QED) is 0.791. The maximum absolute atomic E-state index is 11.8. The van der Waals surface area contributed by atoms with E-state index in [9.17, 15) is 14.4 Å². The van der Waals surface area contributed by atoms with Gasteiger partial charge in [-0.1, -0.05) is 23.7 Å². The first-order valence-corrected chi connectivity index (χ1v) is 7.76. The summed E-state index contributed by atoms with van der Waals surface area (Å²) in [5.74, 6) is 0. The lowest BCUT2D eigenvalue weighted by Gasteiger charge is -2.14. The van der Waals surface area contributed by atoms with E-state index in [2.05, 4.69) is 0 Å². The van der Waals surface area contributed by atoms with Gasteiger partial charge in [0.1, 0.15) is 0 Å². The summed E-state index contributed by atoms with van der Waals surface area (Å²) in [5, 5.41) is 2.10. The Morgan fingerprint density at radius 3 is 2.67 bits per heavy atom. The second-order valence-corrected chi connectivity index (χ2v) is 6.60. The van der Waals surface area contributed by atoms with Gasteiger partial charge in [-0.15, -0.1) is 0 Å². The van der Waals surface area contributed by atoms with Crippen molar-refractivity contribution >= 4 is 35.3 Å². The standard InChI is InChI=1S/C13H12ClO3P/c14-10-5-4-9-6-8-2-1-3-11(8)13(12(9)7-10)18(15,16)17/h4-7H,1-3H2,(H2,15,16,17). The van der Waals surface area contributed by atoms with Crippen LogP contribution in [0.4, 0.5) is 0 Å². The van der Waals surface area contributed by atoms with Crippen molar-refractivity contribution in [3.63, 3.8) is 0 Å². The molecule has 0 bridgehead atoms. The highest BCUT2D eigenvalue weighted by Crippen LogP contribution is 2.41. The van der Waals surface area contributed by atoms with Crippen LogP contribution in [0.2, 0.25) is 5.02 Å². The van der Waals surface area contributed by atoms with Crippen molar-refractivity contribution in [2.45, 2.75) is 19.3 Å². The molecule has 3 nitrogen and oxygen atoms in total. The lowest BCUT2D eigenvalue weighted by atomic mass is 10.0. The van der Waals surface area contributed by atoms with Crippen molar-refractivity contribution in [2.75, 3.05) is 0 Å². The first-order valence-electron chi connectivity index (χ1n) is 5.77. The Hall–Kier alpha value is -0.860. The number of hydrogen-bond donors (Lipinski definition) is 2. The van der Waals surface area contributed by atoms with E-state index in [0.717, 1.165) is 35.8 Å². The smallest absolute Gasteiger partial charge is 0.321 e. The molecule has 0 unspecified atom stereocenters. The van der Waals surface area contributed by atoms with Crippen LogP contribution in [0.3, 0.4) is 0 Å². The third-order valence-electron chi connectivity index (χ3n) is 3.44. The number of aryl methyl sites for hydroxylation is 1. The molecular formula is C13H12ClO3P. The summed E-state index contributed by atoms with van der Waals surface area (Å²) >= 11 is 5.94. The zero-order chi connectivity index (χ0) is 12.9. The predicted octanol–water partition coefficient (Wildman–Crippen LogP) is 2.78. The molecule has 0 saturated heterocycles. The van der Waals surface area contributed by atoms with Gasteiger partial charge in [0.05, 0.1) is 5.30 Å². The monoisotopic (exact) mass is 282 g/mol. The molecule has 0 radical (unpaired) electrons. The summed E-state index contributed by atoms with van der Waals surface area (Å²) < 4.78 is 11.8. The third-order valence-corrected chi connectivity index (χ3v) is 4.77. The van der Waals surface area contributed by atoms with Gasteiger partial charge in [0.25, 0.3) is 0 Å². The van der Waals surface area contributed by atoms with Crippen LogP contribution in [0.25, 0.3) is 10.8 Å². The topological polar surface area (TPSA) is 57.5 Å². The van der Waals surface area contributed by atoms with Gasteiger partial charge in [0.2, 0.25) is 0 Å². The minimum absolute atomic E-state index is 0.176. The van der Waals surface area contributed by atoms with Crippen molar-refractivity contribution in [3.8, 4) is 0 Å². The highest BCUT2D eigenvalue weighted by atomic mass is 35.5. The molecule has 0 heterocycles. The Morgan fingerprint density at radius 1 is 1.17 bits per heavy atom. The molecular weight excluding hydrogens is 271 g/mol. The van der Waals surface area contributed by atoms with Crippen LogP contribution < -0.4 is 5.30 Å². The van der Waals surface area contributed by atoms with Crippen LogP contribution in [-0.2, 0) is 17.4 Å². The molecule has 5 heteroatoms. The van der Waals surface area contributed by atoms with E-state index in [1.165, 1.54) is 0 Å². The Balaban J connectivity index is 2.48. The molecule has 94 valence electrons. The maximum atomic E-state index is 11.8. The van der Waals surface area contributed by atoms with Gasteiger partial charge in [-0.05, 0) is 53.3 Å². The van der Waals surface area contributed by atoms with Gasteiger partial charge < -0.3 is 9.79 Å². The Labute approximate surface area is 110 Å². The second kappa shape index (κ2) is 4.07. The van der Waals surface area contributed by atoms with E-state index < -0.39 is 7.60 Å². The lowest BCUT2D eigenvalue weighted by molar-refractivity contribution is 0.387. The molecule has 18 heavy (non-hydrogen) atoms. The summed E-state index contributed by atoms with van der Waals surface area (Å²) in [5.41, 5.74) is 1.88. The molecule has 1 aliphatic rings. The van der Waals surface area contributed by atoms with Crippen molar-refractivity contribution in [1.82, 2.24) is 0 Å². The molecule has 0 aromatic heterocycles. The fourth-order valence-electron chi connectivity index (χ4n) is 2.74. The second-order valence-electron chi connectivity index (χ2n) is 4.63. The Kier molecular flexibility index (Phi) is 2.76. The fourth-order valence-corrected chi connectivity index (χ4v) is 4.03. The molecule has 0 fully saturated rings. The Morgan fingerprint density at radius 2 is 1.94 bits per heavy atom. The molecule has 3 rings (SSSR count). The van der Waals surface area contributed by atoms with Crippen LogP contribution in [0, 0.1) is 0 Å². The molecule has 1 aliphatic carbocycles. The normalized spacial score (nSPS) is 15.1. The van der Waals surface area contributed by atoms with E-state index >= 15 is 0 Å². The molecule has 2 N–H and O–H groups in total. The van der Waals surface area contributed by atoms with Crippen LogP contribution >= 0.6 is 19.2 Å². The molecule has 0 atom stereocenters. The lowest BCUT2D eigenvalue weighted by Crippen LogP contribution is -2.12. The Bertz CT molecular complexity index is 690. The van der Waals surface area contributed by atoms with Crippen LogP contribution in [0.5, 0.6) is 0 Å². The maximum Gasteiger partial charge on any atom is 0.357 e. The minimum atomic E-state index is -4.28. The number of hydrogen-bond acceptors (Lipinski definition) is 1. The summed E-state index contributed by atoms with van der Waals surface area (Å²) in [4.78, 5) is 19.2. The predicted molar refractivity (Wildman–Crippen MR) is 72.7 cm³/mol. The molecule has 0 saturated carbocycles. The third kappa shape index (κ3) is 1.88. The largest absolute Gasteiger partial charge is 0.357 e. The fraction of sp³-hybridized carbons (Fsp3) is 0.231. The summed E-state index contributed by atoms with van der Waals surface area (Å²) in [6.45, 7) is 0. The number of halogens is 1. The van der Waals surface area contributed by atoms with E-state index in [4.69, 9.17) is 11.6 Å². The van der Waals surface area contributed by atoms with Crippen LogP contribution in [0.15, 0.2) is 24.3 Å². The summed E-state index contributed by atoms with van der Waals surface area (Å²) in [6.07, 6.45) is 2.57. The van der Waals surface area contributed by atoms with E-state index in [0.29, 0.717) is 10.4 Å². The average Bonchev–Trinajstić information content (AvgIpc) is 2.71. The molecule has 2 aromatic carbocycles. The van der Waals surface area contributed by atoms with Gasteiger partial charge in [0.15, 0.2) is 0 Å². The summed E-state index contributed by atoms with van der Waals surface area (Å²) in [6, 6.07) is 7.22. The van der Waals surface area contributed by atoms with Crippen molar-refractivity contribution in [2.24, 2.45) is 0 Å². The first-order chi connectivity index (χ1) is 8.47. The highest BCUT2D eigenvalue weighted by Gasteiger charge is 2.28. The number of fused-ring (bicyclic) bond motifs is 2. The van der Waals surface area contributed by atoms with Gasteiger partial charge in [-0.2, -0.15) is 0 Å². The van der Waals surface area contributed by atoms with Crippen molar-refractivity contribution < 1.29 is 14.4 Å². The number of benzene rings is 2. The van der Waals surface area contributed by atoms with E-state index in [1.807, 2.05) is 12.1 Å². The van der Waals surface area contributed by atoms with E-state index in [1.54, 1.807) is 12.1 Å². The molecule has 0 aliphatic heterocycles. The van der Waals surface area contributed by atoms with Crippen LogP contribution in [0.1, 0.15) is 17.5 Å². The minimum Gasteiger partial charge on any atom is -0.321 e. The van der Waals surface area contributed by atoms with Crippen molar-refractivity contribution in [3.05, 3.63) is 40.4 Å². The first kappa shape index (κ1) is 12.2. The SMILES string of the molecule is O=P(O)(O)c1c2c(cc3ccc(Cl)cc13)CCC2. The number of rotatable bonds is 1. The van der Waals surface area contributed by atoms with Crippen LogP contribution in [-0.4, -0.2) is 9.79 Å². The van der Waals surface area contributed by atoms with E-state index in [-0.39, 0.29) is 5.30 Å². The van der Waals surface area contributed by atoms with Gasteiger partial charge in [-0.3, -0.25) is 4.57 Å². The van der Waals surface area contributed by atoms with Gasteiger partial charge in [-0.25, -0.2) is 0 Å². The molecule has 0 spiro atoms. The van der Waals surface area contributed by atoms with Gasteiger partial charge >= 0.3 is 7.60 Å². The average molecular weight is 283 g/mol. The zero-order valence-corrected chi connectivity index (χ0v) is 11.2. The zero-order valence-electron chi connectivity index (χ0n) is 9.56. The molecule has 2 aromatic rings.